The van der Waals surface area contributed by atoms with E-state index in [0.717, 1.165) is 11.2 Å². The van der Waals surface area contributed by atoms with Crippen molar-refractivity contribution in [3.63, 3.8) is 0 Å². The van der Waals surface area contributed by atoms with Crippen molar-refractivity contribution >= 4 is 23.1 Å². The topological polar surface area (TPSA) is 43.3 Å². The fraction of sp³-hybridized carbons (Fsp3) is 0.0714. The number of hydrogen-bond acceptors (Lipinski definition) is 2. The summed E-state index contributed by atoms with van der Waals surface area (Å²) < 4.78 is 14.9. The van der Waals surface area contributed by atoms with E-state index in [2.05, 4.69) is 4.98 Å². The molecule has 0 amide bonds. The Morgan fingerprint density at radius 1 is 1.32 bits per heavy atom. The number of nitrogens with zero attached hydrogens (tertiary/aromatic N) is 2. The average Bonchev–Trinajstić information content (AvgIpc) is 2.69. The second-order valence-corrected chi connectivity index (χ2v) is 4.76. The summed E-state index contributed by atoms with van der Waals surface area (Å²) in [6.07, 6.45) is 1.84. The molecular weight excluding hydrogens is 265 g/mol. The zero-order valence-corrected chi connectivity index (χ0v) is 10.9. The van der Waals surface area contributed by atoms with E-state index >= 15 is 0 Å². The van der Waals surface area contributed by atoms with Gasteiger partial charge in [0.15, 0.2) is 0 Å². The first-order valence-corrected chi connectivity index (χ1v) is 6.14. The van der Waals surface area contributed by atoms with Gasteiger partial charge in [0.2, 0.25) is 0 Å². The Kier molecular flexibility index (Phi) is 2.68. The van der Waals surface area contributed by atoms with E-state index in [1.807, 2.05) is 25.3 Å². The van der Waals surface area contributed by atoms with Gasteiger partial charge in [-0.05, 0) is 36.8 Å². The highest BCUT2D eigenvalue weighted by atomic mass is 35.5. The van der Waals surface area contributed by atoms with Crippen molar-refractivity contribution in [1.29, 1.82) is 0 Å². The first-order chi connectivity index (χ1) is 9.08. The summed E-state index contributed by atoms with van der Waals surface area (Å²) in [4.78, 5) is 4.50. The molecule has 0 bridgehead atoms. The number of imidazole rings is 1. The molecule has 0 atom stereocenters. The zero-order chi connectivity index (χ0) is 13.6. The van der Waals surface area contributed by atoms with E-state index < -0.39 is 0 Å². The number of halogens is 2. The molecule has 2 heterocycles. The monoisotopic (exact) mass is 275 g/mol. The van der Waals surface area contributed by atoms with Crippen molar-refractivity contribution in [2.45, 2.75) is 6.92 Å². The van der Waals surface area contributed by atoms with Crippen molar-refractivity contribution < 1.29 is 4.39 Å². The van der Waals surface area contributed by atoms with E-state index in [-0.39, 0.29) is 5.82 Å². The Labute approximate surface area is 114 Å². The first-order valence-electron chi connectivity index (χ1n) is 5.76. The van der Waals surface area contributed by atoms with Crippen LogP contribution in [0.15, 0.2) is 36.5 Å². The van der Waals surface area contributed by atoms with Gasteiger partial charge in [-0.3, -0.25) is 4.40 Å². The summed E-state index contributed by atoms with van der Waals surface area (Å²) in [6.45, 7) is 1.96. The highest BCUT2D eigenvalue weighted by Crippen LogP contribution is 2.32. The molecule has 0 fully saturated rings. The number of hydrogen-bond donors (Lipinski definition) is 1. The Hall–Kier alpha value is -2.07. The molecular formula is C14H11ClFN3. The maximum absolute atomic E-state index is 13.1. The van der Waals surface area contributed by atoms with Crippen LogP contribution < -0.4 is 5.73 Å². The molecule has 1 aromatic carbocycles. The van der Waals surface area contributed by atoms with Gasteiger partial charge in [-0.1, -0.05) is 17.7 Å². The number of benzene rings is 1. The molecule has 0 aliphatic rings. The normalized spacial score (nSPS) is 11.1. The predicted octanol–water partition coefficient (Wildman–Crippen LogP) is 3.68. The van der Waals surface area contributed by atoms with Crippen LogP contribution in [0.25, 0.3) is 16.9 Å². The second kappa shape index (κ2) is 4.24. The highest BCUT2D eigenvalue weighted by Gasteiger charge is 2.15. The molecule has 3 nitrogen and oxygen atoms in total. The maximum atomic E-state index is 13.1. The van der Waals surface area contributed by atoms with Gasteiger partial charge in [-0.2, -0.15) is 0 Å². The summed E-state index contributed by atoms with van der Waals surface area (Å²) in [5.74, 6) is 0.111. The molecule has 0 saturated heterocycles. The molecule has 0 saturated carbocycles. The van der Waals surface area contributed by atoms with E-state index in [1.165, 1.54) is 12.1 Å². The number of fused-ring (bicyclic) bond motifs is 1. The van der Waals surface area contributed by atoms with Crippen LogP contribution in [0.2, 0.25) is 5.02 Å². The molecule has 3 rings (SSSR count). The lowest BCUT2D eigenvalue weighted by Crippen LogP contribution is -1.94. The van der Waals surface area contributed by atoms with Gasteiger partial charge in [0.25, 0.3) is 0 Å². The van der Waals surface area contributed by atoms with Gasteiger partial charge in [-0.25, -0.2) is 9.37 Å². The first kappa shape index (κ1) is 12.0. The molecule has 0 unspecified atom stereocenters. The minimum Gasteiger partial charge on any atom is -0.383 e. The van der Waals surface area contributed by atoms with E-state index in [9.17, 15) is 4.39 Å². The summed E-state index contributed by atoms with van der Waals surface area (Å²) in [5, 5.41) is 0.299. The number of nitrogens with two attached hydrogens (primary N) is 1. The smallest absolute Gasteiger partial charge is 0.142 e. The predicted molar refractivity (Wildman–Crippen MR) is 74.7 cm³/mol. The van der Waals surface area contributed by atoms with Crippen molar-refractivity contribution in [2.75, 3.05) is 5.73 Å². The lowest BCUT2D eigenvalue weighted by molar-refractivity contribution is 0.628. The van der Waals surface area contributed by atoms with Crippen LogP contribution in [-0.2, 0) is 0 Å². The van der Waals surface area contributed by atoms with Gasteiger partial charge < -0.3 is 5.73 Å². The molecule has 96 valence electrons. The summed E-state index contributed by atoms with van der Waals surface area (Å²) in [6, 6.07) is 8.05. The van der Waals surface area contributed by atoms with Gasteiger partial charge >= 0.3 is 0 Å². The minimum absolute atomic E-state index is 0.299. The number of anilines is 1. The largest absolute Gasteiger partial charge is 0.383 e. The molecule has 0 aliphatic heterocycles. The standard InChI is InChI=1S/C14H11ClFN3/c1-8-3-2-6-19-13(17)12(18-14(8)19)10-5-4-9(16)7-11(10)15/h2-7H,17H2,1H3. The lowest BCUT2D eigenvalue weighted by atomic mass is 10.1. The van der Waals surface area contributed by atoms with Crippen molar-refractivity contribution in [1.82, 2.24) is 9.38 Å². The van der Waals surface area contributed by atoms with Crippen molar-refractivity contribution in [3.05, 3.63) is 52.9 Å². The van der Waals surface area contributed by atoms with Crippen LogP contribution in [0, 0.1) is 12.7 Å². The fourth-order valence-corrected chi connectivity index (χ4v) is 2.36. The van der Waals surface area contributed by atoms with Gasteiger partial charge in [0.05, 0.1) is 5.02 Å². The second-order valence-electron chi connectivity index (χ2n) is 4.35. The van der Waals surface area contributed by atoms with Gasteiger partial charge in [0, 0.05) is 11.8 Å². The molecule has 0 aliphatic carbocycles. The number of aromatic nitrogens is 2. The average molecular weight is 276 g/mol. The Balaban J connectivity index is 2.31. The zero-order valence-electron chi connectivity index (χ0n) is 10.2. The number of pyridine rings is 1. The van der Waals surface area contributed by atoms with Crippen molar-refractivity contribution in [2.24, 2.45) is 0 Å². The fourth-order valence-electron chi connectivity index (χ4n) is 2.10. The summed E-state index contributed by atoms with van der Waals surface area (Å²) in [7, 11) is 0. The van der Waals surface area contributed by atoms with Crippen LogP contribution >= 0.6 is 11.6 Å². The SMILES string of the molecule is Cc1cccn2c(N)c(-c3ccc(F)cc3Cl)nc12. The van der Waals surface area contributed by atoms with Crippen LogP contribution in [-0.4, -0.2) is 9.38 Å². The number of rotatable bonds is 1. The maximum Gasteiger partial charge on any atom is 0.142 e. The van der Waals surface area contributed by atoms with Gasteiger partial charge in [0.1, 0.15) is 23.0 Å². The third kappa shape index (κ3) is 1.85. The van der Waals surface area contributed by atoms with Crippen LogP contribution in [0.5, 0.6) is 0 Å². The molecule has 0 spiro atoms. The molecule has 3 aromatic rings. The Morgan fingerprint density at radius 2 is 2.11 bits per heavy atom. The number of aryl methyl sites for hydroxylation is 1. The molecule has 0 radical (unpaired) electrons. The highest BCUT2D eigenvalue weighted by molar-refractivity contribution is 6.33. The molecule has 2 N–H and O–H groups in total. The quantitative estimate of drug-likeness (QED) is 0.736. The van der Waals surface area contributed by atoms with Crippen LogP contribution in [0.4, 0.5) is 10.2 Å². The van der Waals surface area contributed by atoms with E-state index in [1.54, 1.807) is 10.5 Å². The number of nitrogen functional groups attached to an aromatic ring is 1. The van der Waals surface area contributed by atoms with E-state index in [4.69, 9.17) is 17.3 Å². The molecule has 2 aromatic heterocycles. The Morgan fingerprint density at radius 3 is 2.79 bits per heavy atom. The molecule has 5 heteroatoms. The summed E-state index contributed by atoms with van der Waals surface area (Å²) >= 11 is 6.06. The minimum atomic E-state index is -0.382. The van der Waals surface area contributed by atoms with Crippen LogP contribution in [0.1, 0.15) is 5.56 Å². The lowest BCUT2D eigenvalue weighted by Gasteiger charge is -2.02. The third-order valence-corrected chi connectivity index (χ3v) is 3.38. The Bertz CT molecular complexity index is 780. The van der Waals surface area contributed by atoms with Crippen LogP contribution in [0.3, 0.4) is 0 Å². The van der Waals surface area contributed by atoms with E-state index in [0.29, 0.717) is 22.1 Å². The summed E-state index contributed by atoms with van der Waals surface area (Å²) in [5.41, 5.74) is 9.08. The van der Waals surface area contributed by atoms with Crippen molar-refractivity contribution in [3.8, 4) is 11.3 Å². The molecule has 19 heavy (non-hydrogen) atoms. The third-order valence-electron chi connectivity index (χ3n) is 3.07. The van der Waals surface area contributed by atoms with Gasteiger partial charge in [-0.15, -0.1) is 0 Å².